The number of aromatic nitrogens is 3. The lowest BCUT2D eigenvalue weighted by Gasteiger charge is -2.50. The van der Waals surface area contributed by atoms with E-state index in [4.69, 9.17) is 16.3 Å². The second kappa shape index (κ2) is 10.5. The van der Waals surface area contributed by atoms with E-state index >= 15 is 0 Å². The van der Waals surface area contributed by atoms with Gasteiger partial charge in [0, 0.05) is 35.0 Å². The van der Waals surface area contributed by atoms with Gasteiger partial charge in [-0.1, -0.05) is 5.16 Å². The highest BCUT2D eigenvalue weighted by Crippen LogP contribution is 2.40. The van der Waals surface area contributed by atoms with Crippen molar-refractivity contribution in [2.24, 2.45) is 10.9 Å². The molecule has 37 heavy (non-hydrogen) atoms. The summed E-state index contributed by atoms with van der Waals surface area (Å²) in [6.45, 7) is 3.57. The fraction of sp³-hybridized carbons (Fsp3) is 0.333. The van der Waals surface area contributed by atoms with Crippen LogP contribution >= 0.6 is 23.3 Å². The van der Waals surface area contributed by atoms with Crippen LogP contribution in [0.25, 0.3) is 0 Å². The van der Waals surface area contributed by atoms with Gasteiger partial charge in [0.2, 0.25) is 17.4 Å². The Morgan fingerprint density at radius 1 is 1.35 bits per heavy atom. The van der Waals surface area contributed by atoms with E-state index in [0.717, 1.165) is 16.4 Å². The lowest BCUT2D eigenvalue weighted by molar-refractivity contribution is -0.689. The number of anilines is 1. The van der Waals surface area contributed by atoms with Crippen LogP contribution in [0, 0.1) is 0 Å². The molecule has 2 aliphatic heterocycles. The van der Waals surface area contributed by atoms with Crippen molar-refractivity contribution in [2.45, 2.75) is 37.9 Å². The van der Waals surface area contributed by atoms with Crippen molar-refractivity contribution in [1.82, 2.24) is 19.6 Å². The number of rotatable bonds is 9. The maximum absolute atomic E-state index is 13.0. The number of nitrogens with one attached hydrogen (secondary N) is 1. The van der Waals surface area contributed by atoms with Crippen molar-refractivity contribution in [1.29, 1.82) is 0 Å². The van der Waals surface area contributed by atoms with Crippen molar-refractivity contribution in [3.8, 4) is 0 Å². The molecule has 4 heterocycles. The lowest BCUT2D eigenvalue weighted by Crippen LogP contribution is -2.71. The van der Waals surface area contributed by atoms with Crippen LogP contribution < -0.4 is 26.5 Å². The Kier molecular flexibility index (Phi) is 7.40. The van der Waals surface area contributed by atoms with Crippen LogP contribution in [0.15, 0.2) is 41.0 Å². The Bertz CT molecular complexity index is 1320. The Balaban J connectivity index is 1.52. The molecule has 0 spiro atoms. The molecule has 2 atom stereocenters. The third-order valence-corrected chi connectivity index (χ3v) is 7.18. The number of nitrogen functional groups attached to an aromatic ring is 1. The monoisotopic (exact) mass is 546 g/mol. The third-order valence-electron chi connectivity index (χ3n) is 5.30. The van der Waals surface area contributed by atoms with Gasteiger partial charge >= 0.3 is 0 Å². The Labute approximate surface area is 218 Å². The summed E-state index contributed by atoms with van der Waals surface area (Å²) < 4.78 is 5.63. The number of thioether (sulfide) groups is 1. The molecule has 16 heteroatoms. The van der Waals surface area contributed by atoms with Crippen molar-refractivity contribution in [2.75, 3.05) is 11.5 Å². The summed E-state index contributed by atoms with van der Waals surface area (Å²) in [7, 11) is 0. The van der Waals surface area contributed by atoms with Crippen LogP contribution in [-0.4, -0.2) is 66.9 Å². The number of nitrogens with zero attached hydrogens (tertiary/aromatic N) is 5. The molecule has 0 saturated carbocycles. The number of carbonyl (C=O) groups is 4. The summed E-state index contributed by atoms with van der Waals surface area (Å²) in [6.07, 6.45) is 2.82. The maximum Gasteiger partial charge on any atom is 0.278 e. The van der Waals surface area contributed by atoms with Crippen molar-refractivity contribution >= 4 is 57.8 Å². The molecule has 0 aromatic carbocycles. The number of hydrogen-bond donors (Lipinski definition) is 3. The molecular formula is C21H22N8O6S2. The van der Waals surface area contributed by atoms with E-state index in [1.54, 1.807) is 30.8 Å². The number of primary amides is 1. The molecule has 1 saturated heterocycles. The van der Waals surface area contributed by atoms with Gasteiger partial charge < -0.3 is 31.5 Å². The van der Waals surface area contributed by atoms with E-state index in [2.05, 4.69) is 19.8 Å². The number of carbonyl (C=O) groups excluding carboxylic acids is 4. The van der Waals surface area contributed by atoms with Crippen molar-refractivity contribution in [3.05, 3.63) is 47.2 Å². The fourth-order valence-electron chi connectivity index (χ4n) is 3.62. The van der Waals surface area contributed by atoms with E-state index in [0.29, 0.717) is 11.1 Å². The summed E-state index contributed by atoms with van der Waals surface area (Å²) >= 11 is 2.15. The first kappa shape index (κ1) is 26.0. The predicted molar refractivity (Wildman–Crippen MR) is 129 cm³/mol. The fourth-order valence-corrected chi connectivity index (χ4v) is 5.39. The van der Waals surface area contributed by atoms with Gasteiger partial charge in [0.15, 0.2) is 24.1 Å². The summed E-state index contributed by atoms with van der Waals surface area (Å²) in [5.41, 5.74) is 11.1. The molecule has 0 bridgehead atoms. The topological polar surface area (TPSA) is 210 Å². The number of hydrogen-bond acceptors (Lipinski definition) is 12. The Morgan fingerprint density at radius 2 is 2.05 bits per heavy atom. The molecule has 2 aromatic rings. The molecule has 2 aliphatic rings. The van der Waals surface area contributed by atoms with E-state index in [1.165, 1.54) is 23.9 Å². The average Bonchev–Trinajstić information content (AvgIpc) is 3.28. The van der Waals surface area contributed by atoms with Gasteiger partial charge in [0.25, 0.3) is 11.8 Å². The number of pyridine rings is 1. The van der Waals surface area contributed by atoms with Gasteiger partial charge in [-0.3, -0.25) is 19.3 Å². The largest absolute Gasteiger partial charge is 0.543 e. The van der Waals surface area contributed by atoms with E-state index in [9.17, 15) is 24.3 Å². The highest BCUT2D eigenvalue weighted by atomic mass is 32.2. The second-order valence-corrected chi connectivity index (χ2v) is 10.2. The number of nitrogens with two attached hydrogens (primary N) is 2. The van der Waals surface area contributed by atoms with Crippen molar-refractivity contribution < 1.29 is 33.7 Å². The van der Waals surface area contributed by atoms with Crippen LogP contribution in [0.5, 0.6) is 0 Å². The first-order valence-corrected chi connectivity index (χ1v) is 12.7. The molecule has 0 aliphatic carbocycles. The molecule has 194 valence electrons. The van der Waals surface area contributed by atoms with Gasteiger partial charge in [-0.05, 0) is 13.8 Å². The molecular weight excluding hydrogens is 524 g/mol. The van der Waals surface area contributed by atoms with E-state index < -0.39 is 35.1 Å². The smallest absolute Gasteiger partial charge is 0.278 e. The molecule has 4 rings (SSSR count). The van der Waals surface area contributed by atoms with Gasteiger partial charge in [-0.2, -0.15) is 9.36 Å². The summed E-state index contributed by atoms with van der Waals surface area (Å²) in [5, 5.41) is 17.9. The lowest BCUT2D eigenvalue weighted by atomic mass is 10.0. The molecule has 5 N–H and O–H groups in total. The Morgan fingerprint density at radius 3 is 2.62 bits per heavy atom. The molecule has 14 nitrogen and oxygen atoms in total. The van der Waals surface area contributed by atoms with Crippen molar-refractivity contribution in [3.63, 3.8) is 0 Å². The number of β-lactam (4-membered cyclic amide) rings is 1. The maximum atomic E-state index is 13.0. The quantitative estimate of drug-likeness (QED) is 0.133. The van der Waals surface area contributed by atoms with Gasteiger partial charge in [-0.15, -0.1) is 11.8 Å². The summed E-state index contributed by atoms with van der Waals surface area (Å²) in [4.78, 5) is 59.5. The SMILES string of the molecule is CC(C)ON=C(C(=O)NC1C(=O)N2C(C(=O)[O-])=C(C[n+]3ccc(C(N)=O)cc3)CS[C@H]12)c1nsc(N)n1. The van der Waals surface area contributed by atoms with Gasteiger partial charge in [0.1, 0.15) is 17.5 Å². The minimum atomic E-state index is -1.51. The first-order valence-electron chi connectivity index (χ1n) is 10.9. The summed E-state index contributed by atoms with van der Waals surface area (Å²) in [6, 6.07) is 2.00. The van der Waals surface area contributed by atoms with Crippen LogP contribution in [0.2, 0.25) is 0 Å². The minimum Gasteiger partial charge on any atom is -0.543 e. The predicted octanol–water partition coefficient (Wildman–Crippen LogP) is -2.26. The van der Waals surface area contributed by atoms with E-state index in [-0.39, 0.29) is 40.8 Å². The normalized spacial score (nSPS) is 19.4. The first-order chi connectivity index (χ1) is 17.6. The molecule has 2 aromatic heterocycles. The zero-order valence-corrected chi connectivity index (χ0v) is 21.2. The second-order valence-electron chi connectivity index (χ2n) is 8.27. The third kappa shape index (κ3) is 5.39. The number of amides is 3. The highest BCUT2D eigenvalue weighted by molar-refractivity contribution is 8.00. The number of fused-ring (bicyclic) bond motifs is 1. The zero-order chi connectivity index (χ0) is 26.9. The van der Waals surface area contributed by atoms with Gasteiger partial charge in [-0.25, -0.2) is 4.57 Å². The summed E-state index contributed by atoms with van der Waals surface area (Å²) in [5.74, 6) is -3.29. The standard InChI is InChI=1S/C21H22N8O6S2/c1-9(2)35-26-12(16-25-21(23)37-27-16)17(31)24-13-18(32)29-14(20(33)34)11(8-36-19(13)29)7-28-5-3-10(4-6-28)15(22)30/h3-6,9,13,19H,7-8H2,1-2H3,(H5-,22,23,24,25,27,30,31,33,34)/t13?,19-/m1/s1. The Hall–Kier alpha value is -4.05. The molecule has 1 unspecified atom stereocenters. The number of carboxylic acids is 1. The highest BCUT2D eigenvalue weighted by Gasteiger charge is 2.53. The molecule has 1 fully saturated rings. The van der Waals surface area contributed by atoms with Crippen LogP contribution in [-0.2, 0) is 25.8 Å². The van der Waals surface area contributed by atoms with Crippen LogP contribution in [0.3, 0.4) is 0 Å². The average molecular weight is 547 g/mol. The van der Waals surface area contributed by atoms with Crippen LogP contribution in [0.1, 0.15) is 30.0 Å². The minimum absolute atomic E-state index is 0.0578. The molecule has 3 amide bonds. The number of carboxylic acid groups (broad SMARTS) is 1. The van der Waals surface area contributed by atoms with E-state index in [1.807, 2.05) is 0 Å². The van der Waals surface area contributed by atoms with Gasteiger partial charge in [0.05, 0.1) is 17.2 Å². The van der Waals surface area contributed by atoms with Crippen LogP contribution in [0.4, 0.5) is 5.13 Å². The zero-order valence-electron chi connectivity index (χ0n) is 19.6. The molecule has 0 radical (unpaired) electrons. The number of aliphatic carboxylic acids is 1. The number of oxime groups is 1.